The molecule has 0 aliphatic carbocycles. The summed E-state index contributed by atoms with van der Waals surface area (Å²) in [5, 5.41) is 0. The first-order valence-electron chi connectivity index (χ1n) is 4.35. The van der Waals surface area contributed by atoms with Crippen LogP contribution in [0.15, 0.2) is 37.7 Å². The minimum Gasteiger partial charge on any atom is -0.253 e. The minimum absolute atomic E-state index is 0.882. The van der Waals surface area contributed by atoms with Gasteiger partial charge in [-0.05, 0) is 23.3 Å². The molecule has 2 nitrogen and oxygen atoms in total. The van der Waals surface area contributed by atoms with Crippen molar-refractivity contribution >= 4 is 23.2 Å². The van der Waals surface area contributed by atoms with E-state index in [1.54, 1.807) is 24.5 Å². The van der Waals surface area contributed by atoms with Crippen molar-refractivity contribution in [2.45, 2.75) is 0 Å². The van der Waals surface area contributed by atoms with E-state index in [0.29, 0.717) is 0 Å². The first kappa shape index (κ1) is 8.63. The van der Waals surface area contributed by atoms with E-state index in [4.69, 9.17) is 0 Å². The number of aromatic nitrogens is 2. The van der Waals surface area contributed by atoms with E-state index in [0.717, 1.165) is 22.2 Å². The lowest BCUT2D eigenvalue weighted by Crippen LogP contribution is -1.86. The molecule has 1 aromatic heterocycles. The molecule has 0 atom stereocenters. The van der Waals surface area contributed by atoms with Gasteiger partial charge in [-0.3, -0.25) is 9.97 Å². The fraction of sp³-hybridized carbons (Fsp3) is 0. The zero-order chi connectivity index (χ0) is 9.97. The molecule has 0 spiro atoms. The van der Waals surface area contributed by atoms with Gasteiger partial charge in [0.1, 0.15) is 0 Å². The lowest BCUT2D eigenvalue weighted by Gasteiger charge is -2.02. The predicted molar refractivity (Wildman–Crippen MR) is 59.7 cm³/mol. The molecule has 14 heavy (non-hydrogen) atoms. The van der Waals surface area contributed by atoms with Gasteiger partial charge in [-0.2, -0.15) is 0 Å². The van der Waals surface area contributed by atoms with Gasteiger partial charge in [0, 0.05) is 12.4 Å². The molecule has 0 fully saturated rings. The summed E-state index contributed by atoms with van der Waals surface area (Å²) in [7, 11) is 0. The number of hydrogen-bond donors (Lipinski definition) is 0. The first-order chi connectivity index (χ1) is 6.85. The van der Waals surface area contributed by atoms with Gasteiger partial charge in [0.05, 0.1) is 11.0 Å². The van der Waals surface area contributed by atoms with Crippen LogP contribution in [0.5, 0.6) is 0 Å². The second-order valence-corrected chi connectivity index (χ2v) is 2.93. The predicted octanol–water partition coefficient (Wildman–Crippen LogP) is 2.92. The molecule has 0 saturated heterocycles. The molecule has 0 aliphatic heterocycles. The van der Waals surface area contributed by atoms with Crippen LogP contribution in [-0.2, 0) is 0 Å². The van der Waals surface area contributed by atoms with Gasteiger partial charge < -0.3 is 0 Å². The highest BCUT2D eigenvalue weighted by atomic mass is 14.8. The van der Waals surface area contributed by atoms with Gasteiger partial charge in [0.2, 0.25) is 0 Å². The topological polar surface area (TPSA) is 25.8 Å². The summed E-state index contributed by atoms with van der Waals surface area (Å²) in [6.45, 7) is 7.50. The lowest BCUT2D eigenvalue weighted by molar-refractivity contribution is 1.29. The Labute approximate surface area is 82.6 Å². The van der Waals surface area contributed by atoms with Crippen molar-refractivity contribution in [2.75, 3.05) is 0 Å². The second-order valence-electron chi connectivity index (χ2n) is 2.93. The minimum atomic E-state index is 0.882. The van der Waals surface area contributed by atoms with Gasteiger partial charge in [-0.1, -0.05) is 25.3 Å². The Morgan fingerprint density at radius 1 is 0.857 bits per heavy atom. The third kappa shape index (κ3) is 1.31. The average molecular weight is 182 g/mol. The Kier molecular flexibility index (Phi) is 2.11. The van der Waals surface area contributed by atoms with Crippen molar-refractivity contribution in [1.29, 1.82) is 0 Å². The van der Waals surface area contributed by atoms with E-state index in [9.17, 15) is 0 Å². The summed E-state index contributed by atoms with van der Waals surface area (Å²) in [5.41, 5.74) is 3.84. The Balaban J connectivity index is 2.81. The molecule has 0 amide bonds. The second kappa shape index (κ2) is 3.42. The van der Waals surface area contributed by atoms with Gasteiger partial charge in [0.25, 0.3) is 0 Å². The lowest BCUT2D eigenvalue weighted by atomic mass is 10.1. The normalized spacial score (nSPS) is 10.0. The van der Waals surface area contributed by atoms with Crippen LogP contribution in [0.25, 0.3) is 23.2 Å². The third-order valence-electron chi connectivity index (χ3n) is 2.11. The van der Waals surface area contributed by atoms with E-state index in [1.807, 2.05) is 12.1 Å². The summed E-state index contributed by atoms with van der Waals surface area (Å²) in [4.78, 5) is 8.44. The number of hydrogen-bond acceptors (Lipinski definition) is 2. The van der Waals surface area contributed by atoms with E-state index >= 15 is 0 Å². The van der Waals surface area contributed by atoms with Gasteiger partial charge in [0.15, 0.2) is 0 Å². The molecule has 1 aromatic carbocycles. The SMILES string of the molecule is C=Cc1cc2nccnc2cc1C=C. The van der Waals surface area contributed by atoms with Crippen molar-refractivity contribution in [3.8, 4) is 0 Å². The molecule has 1 heterocycles. The quantitative estimate of drug-likeness (QED) is 0.713. The van der Waals surface area contributed by atoms with Crippen LogP contribution in [0, 0.1) is 0 Å². The highest BCUT2D eigenvalue weighted by Gasteiger charge is 2.00. The van der Waals surface area contributed by atoms with Gasteiger partial charge >= 0.3 is 0 Å². The van der Waals surface area contributed by atoms with Crippen molar-refractivity contribution in [3.05, 3.63) is 48.8 Å². The van der Waals surface area contributed by atoms with Crippen molar-refractivity contribution in [3.63, 3.8) is 0 Å². The molecule has 68 valence electrons. The summed E-state index contributed by atoms with van der Waals surface area (Å²) in [6.07, 6.45) is 6.96. The molecule has 2 aromatic rings. The zero-order valence-electron chi connectivity index (χ0n) is 7.77. The smallest absolute Gasteiger partial charge is 0.0893 e. The van der Waals surface area contributed by atoms with Crippen LogP contribution in [0.4, 0.5) is 0 Å². The Hall–Kier alpha value is -1.96. The maximum atomic E-state index is 4.22. The Morgan fingerprint density at radius 3 is 1.64 bits per heavy atom. The summed E-state index contributed by atoms with van der Waals surface area (Å²) >= 11 is 0. The fourth-order valence-electron chi connectivity index (χ4n) is 1.40. The third-order valence-corrected chi connectivity index (χ3v) is 2.11. The van der Waals surface area contributed by atoms with Crippen molar-refractivity contribution < 1.29 is 0 Å². The largest absolute Gasteiger partial charge is 0.253 e. The van der Waals surface area contributed by atoms with Gasteiger partial charge in [-0.25, -0.2) is 0 Å². The molecule has 2 rings (SSSR count). The number of fused-ring (bicyclic) bond motifs is 1. The number of benzene rings is 1. The molecule has 0 aliphatic rings. The van der Waals surface area contributed by atoms with Crippen LogP contribution >= 0.6 is 0 Å². The van der Waals surface area contributed by atoms with E-state index < -0.39 is 0 Å². The van der Waals surface area contributed by atoms with Crippen LogP contribution in [0.1, 0.15) is 11.1 Å². The molecule has 0 radical (unpaired) electrons. The van der Waals surface area contributed by atoms with Crippen molar-refractivity contribution in [1.82, 2.24) is 9.97 Å². The molecule has 0 unspecified atom stereocenters. The van der Waals surface area contributed by atoms with Crippen molar-refractivity contribution in [2.24, 2.45) is 0 Å². The Morgan fingerprint density at radius 2 is 1.29 bits per heavy atom. The average Bonchev–Trinajstić information content (AvgIpc) is 2.27. The van der Waals surface area contributed by atoms with E-state index in [-0.39, 0.29) is 0 Å². The maximum Gasteiger partial charge on any atom is 0.0893 e. The number of nitrogens with zero attached hydrogens (tertiary/aromatic N) is 2. The maximum absolute atomic E-state index is 4.22. The molecule has 0 bridgehead atoms. The molecule has 2 heteroatoms. The highest BCUT2D eigenvalue weighted by Crippen LogP contribution is 2.18. The van der Waals surface area contributed by atoms with E-state index in [1.165, 1.54) is 0 Å². The highest BCUT2D eigenvalue weighted by molar-refractivity contribution is 5.82. The first-order valence-corrected chi connectivity index (χ1v) is 4.35. The van der Waals surface area contributed by atoms with E-state index in [2.05, 4.69) is 23.1 Å². The molecule has 0 saturated carbocycles. The Bertz CT molecular complexity index is 454. The standard InChI is InChI=1S/C12H10N2/c1-3-9-7-11-12(8-10(9)4-2)14-6-5-13-11/h3-8H,1-2H2. The summed E-state index contributed by atoms with van der Waals surface area (Å²) in [6, 6.07) is 3.93. The van der Waals surface area contributed by atoms with Crippen LogP contribution in [0.2, 0.25) is 0 Å². The summed E-state index contributed by atoms with van der Waals surface area (Å²) in [5.74, 6) is 0. The van der Waals surface area contributed by atoms with Gasteiger partial charge in [-0.15, -0.1) is 0 Å². The molecule has 0 N–H and O–H groups in total. The monoisotopic (exact) mass is 182 g/mol. The van der Waals surface area contributed by atoms with Crippen LogP contribution in [-0.4, -0.2) is 9.97 Å². The fourth-order valence-corrected chi connectivity index (χ4v) is 1.40. The molecular formula is C12H10N2. The van der Waals surface area contributed by atoms with Crippen LogP contribution < -0.4 is 0 Å². The van der Waals surface area contributed by atoms with Crippen LogP contribution in [0.3, 0.4) is 0 Å². The molecular weight excluding hydrogens is 172 g/mol. The number of rotatable bonds is 2. The summed E-state index contributed by atoms with van der Waals surface area (Å²) < 4.78 is 0. The zero-order valence-corrected chi connectivity index (χ0v) is 7.77.